The Labute approximate surface area is 70.2 Å². The number of aliphatic hydroxyl groups excluding tert-OH is 1. The molecule has 0 heterocycles. The highest BCUT2D eigenvalue weighted by molar-refractivity contribution is 6.00. The first kappa shape index (κ1) is 8.70. The van der Waals surface area contributed by atoms with Crippen LogP contribution in [-0.2, 0) is 4.94 Å². The molecule has 64 valence electrons. The fraction of sp³-hybridized carbons (Fsp3) is 0.125. The monoisotopic (exact) mass is 166 g/mol. The number of oxime groups is 1. The molecule has 0 amide bonds. The average Bonchev–Trinajstić information content (AvgIpc) is 2.15. The van der Waals surface area contributed by atoms with Gasteiger partial charge in [-0.05, 0) is 0 Å². The van der Waals surface area contributed by atoms with Crippen molar-refractivity contribution in [2.24, 2.45) is 11.1 Å². The van der Waals surface area contributed by atoms with Gasteiger partial charge in [0.1, 0.15) is 5.71 Å². The summed E-state index contributed by atoms with van der Waals surface area (Å²) in [6.07, 6.45) is 0. The smallest absolute Gasteiger partial charge is 0.115 e. The zero-order valence-electron chi connectivity index (χ0n) is 6.47. The highest BCUT2D eigenvalue weighted by Gasteiger charge is 2.00. The third-order valence-corrected chi connectivity index (χ3v) is 1.42. The van der Waals surface area contributed by atoms with Gasteiger partial charge in [-0.2, -0.15) is 0 Å². The molecule has 0 aromatic heterocycles. The number of rotatable bonds is 3. The van der Waals surface area contributed by atoms with Crippen molar-refractivity contribution in [3.05, 3.63) is 35.9 Å². The summed E-state index contributed by atoms with van der Waals surface area (Å²) in [4.78, 5) is 4.08. The Hall–Kier alpha value is -1.39. The molecule has 0 aliphatic rings. The van der Waals surface area contributed by atoms with Gasteiger partial charge in [-0.3, -0.25) is 0 Å². The maximum absolute atomic E-state index is 8.84. The molecule has 3 N–H and O–H groups in total. The summed E-state index contributed by atoms with van der Waals surface area (Å²) in [5.74, 6) is 4.74. The Morgan fingerprint density at radius 2 is 2.08 bits per heavy atom. The van der Waals surface area contributed by atoms with Gasteiger partial charge in [0, 0.05) is 5.56 Å². The zero-order chi connectivity index (χ0) is 8.81. The van der Waals surface area contributed by atoms with Crippen molar-refractivity contribution in [2.75, 3.05) is 6.61 Å². The molecule has 0 fully saturated rings. The predicted molar refractivity (Wildman–Crippen MR) is 45.3 cm³/mol. The molecule has 4 heteroatoms. The van der Waals surface area contributed by atoms with E-state index in [4.69, 9.17) is 11.0 Å². The van der Waals surface area contributed by atoms with Crippen molar-refractivity contribution in [3.8, 4) is 0 Å². The lowest BCUT2D eigenvalue weighted by molar-refractivity contribution is 0.146. The number of hydrogen-bond donors (Lipinski definition) is 2. The SMILES string of the molecule is NON=C(CO)c1ccccc1. The number of nitrogens with two attached hydrogens (primary N) is 1. The van der Waals surface area contributed by atoms with Crippen LogP contribution in [0.15, 0.2) is 35.5 Å². The first-order valence-electron chi connectivity index (χ1n) is 3.47. The second kappa shape index (κ2) is 4.48. The van der Waals surface area contributed by atoms with Crippen LogP contribution in [0.1, 0.15) is 5.56 Å². The highest BCUT2D eigenvalue weighted by Crippen LogP contribution is 2.00. The third-order valence-electron chi connectivity index (χ3n) is 1.42. The lowest BCUT2D eigenvalue weighted by Gasteiger charge is -1.99. The molecule has 1 aromatic carbocycles. The van der Waals surface area contributed by atoms with E-state index >= 15 is 0 Å². The minimum atomic E-state index is -0.193. The molecular weight excluding hydrogens is 156 g/mol. The van der Waals surface area contributed by atoms with Gasteiger partial charge >= 0.3 is 0 Å². The summed E-state index contributed by atoms with van der Waals surface area (Å²) < 4.78 is 0. The van der Waals surface area contributed by atoms with Gasteiger partial charge < -0.3 is 10.0 Å². The van der Waals surface area contributed by atoms with Crippen LogP contribution in [0.2, 0.25) is 0 Å². The van der Waals surface area contributed by atoms with Gasteiger partial charge in [0.15, 0.2) is 0 Å². The molecule has 0 unspecified atom stereocenters. The fourth-order valence-electron chi connectivity index (χ4n) is 0.867. The first-order valence-corrected chi connectivity index (χ1v) is 3.47. The number of hydrogen-bond acceptors (Lipinski definition) is 4. The van der Waals surface area contributed by atoms with Gasteiger partial charge in [-0.25, -0.2) is 0 Å². The second-order valence-corrected chi connectivity index (χ2v) is 2.17. The molecule has 12 heavy (non-hydrogen) atoms. The van der Waals surface area contributed by atoms with E-state index in [0.29, 0.717) is 5.71 Å². The van der Waals surface area contributed by atoms with Crippen molar-refractivity contribution in [1.82, 2.24) is 0 Å². The average molecular weight is 166 g/mol. The van der Waals surface area contributed by atoms with Gasteiger partial charge in [0.05, 0.1) is 6.61 Å². The fourth-order valence-corrected chi connectivity index (χ4v) is 0.867. The molecule has 0 aliphatic carbocycles. The van der Waals surface area contributed by atoms with Crippen LogP contribution < -0.4 is 5.90 Å². The minimum absolute atomic E-state index is 0.193. The molecule has 1 rings (SSSR count). The van der Waals surface area contributed by atoms with Gasteiger partial charge in [-0.1, -0.05) is 35.5 Å². The predicted octanol–water partition coefficient (Wildman–Crippen LogP) is 0.273. The molecule has 1 aromatic rings. The van der Waals surface area contributed by atoms with Crippen molar-refractivity contribution in [1.29, 1.82) is 0 Å². The Bertz CT molecular complexity index is 259. The number of aliphatic hydroxyl groups is 1. The van der Waals surface area contributed by atoms with E-state index in [-0.39, 0.29) is 6.61 Å². The molecule has 0 atom stereocenters. The van der Waals surface area contributed by atoms with Gasteiger partial charge in [-0.15, -0.1) is 5.90 Å². The quantitative estimate of drug-likeness (QED) is 0.500. The van der Waals surface area contributed by atoms with Gasteiger partial charge in [0.25, 0.3) is 0 Å². The maximum Gasteiger partial charge on any atom is 0.115 e. The van der Waals surface area contributed by atoms with Crippen molar-refractivity contribution >= 4 is 5.71 Å². The van der Waals surface area contributed by atoms with Crippen molar-refractivity contribution < 1.29 is 10.0 Å². The second-order valence-electron chi connectivity index (χ2n) is 2.17. The van der Waals surface area contributed by atoms with Gasteiger partial charge in [0.2, 0.25) is 0 Å². The number of nitrogens with zero attached hydrogens (tertiary/aromatic N) is 1. The Morgan fingerprint density at radius 3 is 2.58 bits per heavy atom. The van der Waals surface area contributed by atoms with E-state index in [1.54, 1.807) is 0 Å². The minimum Gasteiger partial charge on any atom is -0.390 e. The van der Waals surface area contributed by atoms with Crippen molar-refractivity contribution in [3.63, 3.8) is 0 Å². The maximum atomic E-state index is 8.84. The summed E-state index contributed by atoms with van der Waals surface area (Å²) in [5, 5.41) is 12.3. The summed E-state index contributed by atoms with van der Waals surface area (Å²) in [5.41, 5.74) is 1.21. The van der Waals surface area contributed by atoms with E-state index in [0.717, 1.165) is 5.56 Å². The largest absolute Gasteiger partial charge is 0.390 e. The summed E-state index contributed by atoms with van der Waals surface area (Å²) in [7, 11) is 0. The molecule has 0 saturated heterocycles. The van der Waals surface area contributed by atoms with Crippen molar-refractivity contribution in [2.45, 2.75) is 0 Å². The van der Waals surface area contributed by atoms with E-state index < -0.39 is 0 Å². The van der Waals surface area contributed by atoms with Crippen LogP contribution in [0.4, 0.5) is 0 Å². The molecule has 0 radical (unpaired) electrons. The zero-order valence-corrected chi connectivity index (χ0v) is 6.47. The molecule has 0 saturated carbocycles. The molecular formula is C8H10N2O2. The van der Waals surface area contributed by atoms with E-state index in [9.17, 15) is 0 Å². The third kappa shape index (κ3) is 2.05. The van der Waals surface area contributed by atoms with E-state index in [2.05, 4.69) is 10.1 Å². The van der Waals surface area contributed by atoms with Crippen LogP contribution in [0.3, 0.4) is 0 Å². The Kier molecular flexibility index (Phi) is 3.25. The van der Waals surface area contributed by atoms with Crippen LogP contribution in [0.5, 0.6) is 0 Å². The molecule has 0 bridgehead atoms. The summed E-state index contributed by atoms with van der Waals surface area (Å²) in [6.45, 7) is -0.193. The summed E-state index contributed by atoms with van der Waals surface area (Å²) in [6, 6.07) is 9.19. The molecule has 0 spiro atoms. The van der Waals surface area contributed by atoms with E-state index in [1.807, 2.05) is 30.3 Å². The Morgan fingerprint density at radius 1 is 1.42 bits per heavy atom. The molecule has 4 nitrogen and oxygen atoms in total. The first-order chi connectivity index (χ1) is 5.88. The summed E-state index contributed by atoms with van der Waals surface area (Å²) >= 11 is 0. The van der Waals surface area contributed by atoms with Crippen LogP contribution in [0, 0.1) is 0 Å². The van der Waals surface area contributed by atoms with Crippen LogP contribution in [-0.4, -0.2) is 17.4 Å². The highest BCUT2D eigenvalue weighted by atomic mass is 16.7. The number of benzene rings is 1. The topological polar surface area (TPSA) is 67.8 Å². The van der Waals surface area contributed by atoms with Crippen LogP contribution in [0.25, 0.3) is 0 Å². The Balaban J connectivity index is 2.88. The normalized spacial score (nSPS) is 11.3. The van der Waals surface area contributed by atoms with E-state index in [1.165, 1.54) is 0 Å². The standard InChI is InChI=1S/C8H10N2O2/c9-12-10-8(6-11)7-4-2-1-3-5-7/h1-5,11H,6,9H2. The lowest BCUT2D eigenvalue weighted by Crippen LogP contribution is -2.08. The molecule has 0 aliphatic heterocycles. The van der Waals surface area contributed by atoms with Crippen LogP contribution >= 0.6 is 0 Å². The lowest BCUT2D eigenvalue weighted by atomic mass is 10.1.